The summed E-state index contributed by atoms with van der Waals surface area (Å²) in [7, 11) is 0. The summed E-state index contributed by atoms with van der Waals surface area (Å²) in [5.74, 6) is 0.727. The third-order valence-corrected chi connectivity index (χ3v) is 2.34. The quantitative estimate of drug-likeness (QED) is 0.469. The second kappa shape index (κ2) is 2.07. The van der Waals surface area contributed by atoms with E-state index in [1.807, 2.05) is 0 Å². The number of alkyl halides is 2. The van der Waals surface area contributed by atoms with Crippen LogP contribution >= 0.6 is 23.2 Å². The molecule has 1 aliphatic carbocycles. The molecule has 0 N–H and O–H groups in total. The molecule has 0 amide bonds. The van der Waals surface area contributed by atoms with Gasteiger partial charge in [-0.3, -0.25) is 0 Å². The molecule has 0 radical (unpaired) electrons. The molecule has 1 unspecified atom stereocenters. The Morgan fingerprint density at radius 3 is 2.25 bits per heavy atom. The highest BCUT2D eigenvalue weighted by atomic mass is 35.5. The van der Waals surface area contributed by atoms with Gasteiger partial charge in [-0.25, -0.2) is 0 Å². The lowest BCUT2D eigenvalue weighted by Crippen LogP contribution is -2.04. The molecule has 0 saturated heterocycles. The van der Waals surface area contributed by atoms with Crippen LogP contribution in [-0.2, 0) is 0 Å². The normalized spacial score (nSPS) is 35.6. The van der Waals surface area contributed by atoms with Gasteiger partial charge in [0.1, 0.15) is 4.33 Å². The second-order valence-electron chi connectivity index (χ2n) is 2.70. The van der Waals surface area contributed by atoms with E-state index < -0.39 is 0 Å². The van der Waals surface area contributed by atoms with Gasteiger partial charge in [-0.2, -0.15) is 0 Å². The largest absolute Gasteiger partial charge is 0.118 e. The maximum absolute atomic E-state index is 5.83. The van der Waals surface area contributed by atoms with Gasteiger partial charge in [0.15, 0.2) is 0 Å². The Bertz CT molecular complexity index is 88.5. The van der Waals surface area contributed by atoms with Crippen LogP contribution in [0.3, 0.4) is 0 Å². The number of hydrogen-bond acceptors (Lipinski definition) is 0. The SMILES string of the molecule is CC1CCC(Cl)(Cl)C1. The van der Waals surface area contributed by atoms with E-state index in [1.54, 1.807) is 0 Å². The summed E-state index contributed by atoms with van der Waals surface area (Å²) in [4.78, 5) is 0. The Labute approximate surface area is 60.2 Å². The third kappa shape index (κ3) is 1.53. The van der Waals surface area contributed by atoms with Gasteiger partial charge in [-0.1, -0.05) is 6.92 Å². The number of halogens is 2. The molecular formula is C6H10Cl2. The van der Waals surface area contributed by atoms with Crippen molar-refractivity contribution in [1.29, 1.82) is 0 Å². The summed E-state index contributed by atoms with van der Waals surface area (Å²) in [6, 6.07) is 0. The molecule has 2 heteroatoms. The maximum atomic E-state index is 5.83. The predicted octanol–water partition coefficient (Wildman–Crippen LogP) is 2.98. The van der Waals surface area contributed by atoms with Crippen molar-refractivity contribution in [2.45, 2.75) is 30.5 Å². The molecule has 0 nitrogen and oxygen atoms in total. The fourth-order valence-electron chi connectivity index (χ4n) is 1.17. The molecule has 1 rings (SSSR count). The Morgan fingerprint density at radius 2 is 2.12 bits per heavy atom. The molecule has 0 aromatic rings. The molecule has 48 valence electrons. The highest BCUT2D eigenvalue weighted by Gasteiger charge is 2.32. The first-order valence-corrected chi connectivity index (χ1v) is 3.73. The summed E-state index contributed by atoms with van der Waals surface area (Å²) in [6.45, 7) is 2.19. The van der Waals surface area contributed by atoms with E-state index in [-0.39, 0.29) is 4.33 Å². The number of hydrogen-bond donors (Lipinski definition) is 0. The summed E-state index contributed by atoms with van der Waals surface area (Å²) in [5.41, 5.74) is 0. The van der Waals surface area contributed by atoms with E-state index in [2.05, 4.69) is 6.92 Å². The molecule has 0 spiro atoms. The average Bonchev–Trinajstić information content (AvgIpc) is 1.82. The molecule has 0 aliphatic heterocycles. The van der Waals surface area contributed by atoms with Crippen LogP contribution in [-0.4, -0.2) is 4.33 Å². The highest BCUT2D eigenvalue weighted by Crippen LogP contribution is 2.42. The Balaban J connectivity index is 2.44. The molecule has 1 aliphatic rings. The van der Waals surface area contributed by atoms with Crippen LogP contribution in [0.25, 0.3) is 0 Å². The van der Waals surface area contributed by atoms with Gasteiger partial charge < -0.3 is 0 Å². The van der Waals surface area contributed by atoms with E-state index in [0.717, 1.165) is 18.8 Å². The van der Waals surface area contributed by atoms with Crippen LogP contribution < -0.4 is 0 Å². The third-order valence-electron chi connectivity index (χ3n) is 1.65. The van der Waals surface area contributed by atoms with Gasteiger partial charge in [0, 0.05) is 0 Å². The van der Waals surface area contributed by atoms with Crippen LogP contribution in [0.1, 0.15) is 26.2 Å². The zero-order valence-corrected chi connectivity index (χ0v) is 6.47. The minimum atomic E-state index is -0.389. The van der Waals surface area contributed by atoms with Crippen LogP contribution in [0.4, 0.5) is 0 Å². The first kappa shape index (κ1) is 6.70. The first-order chi connectivity index (χ1) is 3.60. The molecule has 0 bridgehead atoms. The Hall–Kier alpha value is 0.580. The minimum absolute atomic E-state index is 0.389. The lowest BCUT2D eigenvalue weighted by molar-refractivity contribution is 0.607. The van der Waals surface area contributed by atoms with E-state index in [0.29, 0.717) is 0 Å². The lowest BCUT2D eigenvalue weighted by Gasteiger charge is -2.08. The standard InChI is InChI=1S/C6H10Cl2/c1-5-2-3-6(7,8)4-5/h5H,2-4H2,1H3. The molecule has 0 heterocycles. The number of rotatable bonds is 0. The Morgan fingerprint density at radius 1 is 1.50 bits per heavy atom. The van der Waals surface area contributed by atoms with Crippen LogP contribution in [0.5, 0.6) is 0 Å². The van der Waals surface area contributed by atoms with Gasteiger partial charge in [0.2, 0.25) is 0 Å². The first-order valence-electron chi connectivity index (χ1n) is 2.98. The minimum Gasteiger partial charge on any atom is -0.102 e. The molecule has 1 fully saturated rings. The lowest BCUT2D eigenvalue weighted by atomic mass is 10.1. The Kier molecular flexibility index (Phi) is 1.74. The zero-order valence-electron chi connectivity index (χ0n) is 4.95. The molecule has 0 aromatic heterocycles. The molecule has 0 aromatic carbocycles. The molecule has 1 saturated carbocycles. The van der Waals surface area contributed by atoms with Gasteiger partial charge >= 0.3 is 0 Å². The zero-order chi connectivity index (χ0) is 6.20. The van der Waals surface area contributed by atoms with Crippen LogP contribution in [0, 0.1) is 5.92 Å². The predicted molar refractivity (Wildman–Crippen MR) is 37.5 cm³/mol. The topological polar surface area (TPSA) is 0 Å². The van der Waals surface area contributed by atoms with Crippen molar-refractivity contribution in [3.8, 4) is 0 Å². The average molecular weight is 153 g/mol. The van der Waals surface area contributed by atoms with E-state index in [9.17, 15) is 0 Å². The van der Waals surface area contributed by atoms with E-state index in [4.69, 9.17) is 23.2 Å². The molecule has 1 atom stereocenters. The smallest absolute Gasteiger partial charge is 0.102 e. The monoisotopic (exact) mass is 152 g/mol. The van der Waals surface area contributed by atoms with Crippen molar-refractivity contribution in [3.63, 3.8) is 0 Å². The van der Waals surface area contributed by atoms with E-state index >= 15 is 0 Å². The molecular weight excluding hydrogens is 143 g/mol. The van der Waals surface area contributed by atoms with Gasteiger partial charge in [0.05, 0.1) is 0 Å². The van der Waals surface area contributed by atoms with Crippen LogP contribution in [0.15, 0.2) is 0 Å². The van der Waals surface area contributed by atoms with Gasteiger partial charge in [-0.15, -0.1) is 23.2 Å². The second-order valence-corrected chi connectivity index (χ2v) is 4.34. The van der Waals surface area contributed by atoms with Gasteiger partial charge in [-0.05, 0) is 25.2 Å². The summed E-state index contributed by atoms with van der Waals surface area (Å²) in [6.07, 6.45) is 3.13. The van der Waals surface area contributed by atoms with Crippen molar-refractivity contribution in [1.82, 2.24) is 0 Å². The van der Waals surface area contributed by atoms with Crippen molar-refractivity contribution in [2.24, 2.45) is 5.92 Å². The van der Waals surface area contributed by atoms with E-state index in [1.165, 1.54) is 6.42 Å². The summed E-state index contributed by atoms with van der Waals surface area (Å²) >= 11 is 11.7. The van der Waals surface area contributed by atoms with Crippen molar-refractivity contribution in [3.05, 3.63) is 0 Å². The fraction of sp³-hybridized carbons (Fsp3) is 1.00. The van der Waals surface area contributed by atoms with Crippen molar-refractivity contribution < 1.29 is 0 Å². The summed E-state index contributed by atoms with van der Waals surface area (Å²) < 4.78 is -0.389. The summed E-state index contributed by atoms with van der Waals surface area (Å²) in [5, 5.41) is 0. The molecule has 8 heavy (non-hydrogen) atoms. The fourth-order valence-corrected chi connectivity index (χ4v) is 1.92. The van der Waals surface area contributed by atoms with Crippen molar-refractivity contribution in [2.75, 3.05) is 0 Å². The highest BCUT2D eigenvalue weighted by molar-refractivity contribution is 6.48. The van der Waals surface area contributed by atoms with Crippen molar-refractivity contribution >= 4 is 23.2 Å². The maximum Gasteiger partial charge on any atom is 0.118 e. The van der Waals surface area contributed by atoms with Gasteiger partial charge in [0.25, 0.3) is 0 Å². The van der Waals surface area contributed by atoms with Crippen LogP contribution in [0.2, 0.25) is 0 Å².